The number of nitrogens with zero attached hydrogens (tertiary/aromatic N) is 3. The van der Waals surface area contributed by atoms with Gasteiger partial charge in [-0.1, -0.05) is 54.6 Å². The Morgan fingerprint density at radius 3 is 2.46 bits per heavy atom. The first-order valence-electron chi connectivity index (χ1n) is 8.05. The third-order valence-corrected chi connectivity index (χ3v) is 4.21. The Balaban J connectivity index is 1.66. The number of hydrogen-bond acceptors (Lipinski definition) is 4. The third-order valence-electron chi connectivity index (χ3n) is 4.21. The molecule has 2 heterocycles. The van der Waals surface area contributed by atoms with Crippen molar-refractivity contribution in [3.05, 3.63) is 72.8 Å². The first kappa shape index (κ1) is 15.1. The molecular weight excluding hydrogens is 302 g/mol. The van der Waals surface area contributed by atoms with Gasteiger partial charge in [-0.2, -0.15) is 5.10 Å². The average molecular weight is 321 g/mol. The second kappa shape index (κ2) is 6.19. The molecule has 0 radical (unpaired) electrons. The van der Waals surface area contributed by atoms with E-state index in [2.05, 4.69) is 46.5 Å². The highest BCUT2D eigenvalue weighted by atomic mass is 16.7. The van der Waals surface area contributed by atoms with E-state index in [1.54, 1.807) is 11.0 Å². The summed E-state index contributed by atoms with van der Waals surface area (Å²) >= 11 is 0. The summed E-state index contributed by atoms with van der Waals surface area (Å²) in [5, 5.41) is 4.19. The largest absolute Gasteiger partial charge is 0.342 e. The molecule has 1 aliphatic heterocycles. The van der Waals surface area contributed by atoms with Crippen LogP contribution in [0.1, 0.15) is 12.5 Å². The summed E-state index contributed by atoms with van der Waals surface area (Å²) in [5.74, 6) is -0.817. The first-order chi connectivity index (χ1) is 11.8. The molecule has 0 amide bonds. The Morgan fingerprint density at radius 2 is 1.83 bits per heavy atom. The van der Waals surface area contributed by atoms with Crippen LogP contribution in [0.15, 0.2) is 67.3 Å². The molecule has 5 heteroatoms. The van der Waals surface area contributed by atoms with E-state index in [1.165, 1.54) is 17.5 Å². The fourth-order valence-electron chi connectivity index (χ4n) is 3.05. The van der Waals surface area contributed by atoms with Crippen LogP contribution in [0, 0.1) is 0 Å². The van der Waals surface area contributed by atoms with Gasteiger partial charge in [-0.25, -0.2) is 9.67 Å². The second-order valence-corrected chi connectivity index (χ2v) is 6.03. The van der Waals surface area contributed by atoms with Crippen molar-refractivity contribution in [3.8, 4) is 11.1 Å². The molecule has 1 aliphatic rings. The van der Waals surface area contributed by atoms with Crippen molar-refractivity contribution in [2.24, 2.45) is 0 Å². The SMILES string of the molecule is CC1COC(Cn2cncn2)(c2ccc(-c3ccccc3)cc2)O1. The summed E-state index contributed by atoms with van der Waals surface area (Å²) in [6.45, 7) is 3.05. The third kappa shape index (κ3) is 2.84. The van der Waals surface area contributed by atoms with Crippen LogP contribution in [0.2, 0.25) is 0 Å². The fourth-order valence-corrected chi connectivity index (χ4v) is 3.05. The average Bonchev–Trinajstić information content (AvgIpc) is 3.27. The van der Waals surface area contributed by atoms with Gasteiger partial charge >= 0.3 is 0 Å². The minimum atomic E-state index is -0.817. The summed E-state index contributed by atoms with van der Waals surface area (Å²) in [6.07, 6.45) is 3.24. The molecule has 0 N–H and O–H groups in total. The van der Waals surface area contributed by atoms with Gasteiger partial charge in [0, 0.05) is 5.56 Å². The van der Waals surface area contributed by atoms with Crippen LogP contribution in [-0.4, -0.2) is 27.5 Å². The number of hydrogen-bond donors (Lipinski definition) is 0. The van der Waals surface area contributed by atoms with Crippen LogP contribution in [0.3, 0.4) is 0 Å². The standard InChI is InChI=1S/C19H19N3O2/c1-15-11-23-19(24-15,12-22-14-20-13-21-22)18-9-7-17(8-10-18)16-5-3-2-4-6-16/h2-10,13-15H,11-12H2,1H3. The Morgan fingerprint density at radius 1 is 1.08 bits per heavy atom. The van der Waals surface area contributed by atoms with Crippen LogP contribution in [0.25, 0.3) is 11.1 Å². The zero-order chi connectivity index (χ0) is 16.4. The lowest BCUT2D eigenvalue weighted by Gasteiger charge is -2.28. The van der Waals surface area contributed by atoms with E-state index >= 15 is 0 Å². The molecule has 2 unspecified atom stereocenters. The molecule has 0 bridgehead atoms. The van der Waals surface area contributed by atoms with Crippen molar-refractivity contribution in [2.45, 2.75) is 25.4 Å². The minimum Gasteiger partial charge on any atom is -0.342 e. The summed E-state index contributed by atoms with van der Waals surface area (Å²) in [6, 6.07) is 18.6. The van der Waals surface area contributed by atoms with E-state index in [9.17, 15) is 0 Å². The van der Waals surface area contributed by atoms with Gasteiger partial charge in [0.2, 0.25) is 5.79 Å². The molecule has 2 atom stereocenters. The zero-order valence-corrected chi connectivity index (χ0v) is 13.5. The van der Waals surface area contributed by atoms with E-state index in [-0.39, 0.29) is 6.10 Å². The molecule has 3 aromatic rings. The highest BCUT2D eigenvalue weighted by Crippen LogP contribution is 2.36. The number of benzene rings is 2. The van der Waals surface area contributed by atoms with Crippen molar-refractivity contribution in [1.82, 2.24) is 14.8 Å². The Labute approximate surface area is 140 Å². The van der Waals surface area contributed by atoms with Crippen molar-refractivity contribution in [1.29, 1.82) is 0 Å². The van der Waals surface area contributed by atoms with Gasteiger partial charge in [0.25, 0.3) is 0 Å². The fraction of sp³-hybridized carbons (Fsp3) is 0.263. The normalized spacial score (nSPS) is 23.5. The highest BCUT2D eigenvalue weighted by Gasteiger charge is 2.42. The Hall–Kier alpha value is -2.50. The van der Waals surface area contributed by atoms with Crippen molar-refractivity contribution >= 4 is 0 Å². The quantitative estimate of drug-likeness (QED) is 0.740. The Kier molecular flexibility index (Phi) is 3.88. The topological polar surface area (TPSA) is 49.2 Å². The maximum absolute atomic E-state index is 6.14. The van der Waals surface area contributed by atoms with Gasteiger partial charge in [0.05, 0.1) is 12.7 Å². The Bertz CT molecular complexity index is 787. The summed E-state index contributed by atoms with van der Waals surface area (Å²) in [4.78, 5) is 4.00. The smallest absolute Gasteiger partial charge is 0.215 e. The molecule has 24 heavy (non-hydrogen) atoms. The van der Waals surface area contributed by atoms with Crippen molar-refractivity contribution in [3.63, 3.8) is 0 Å². The van der Waals surface area contributed by atoms with Gasteiger partial charge in [-0.15, -0.1) is 0 Å². The van der Waals surface area contributed by atoms with E-state index in [0.717, 1.165) is 5.56 Å². The summed E-state index contributed by atoms with van der Waals surface area (Å²) in [5.41, 5.74) is 3.35. The molecule has 1 fully saturated rings. The van der Waals surface area contributed by atoms with Crippen LogP contribution in [0.5, 0.6) is 0 Å². The predicted molar refractivity (Wildman–Crippen MR) is 90.1 cm³/mol. The minimum absolute atomic E-state index is 0.0438. The lowest BCUT2D eigenvalue weighted by molar-refractivity contribution is -0.186. The van der Waals surface area contributed by atoms with E-state index in [4.69, 9.17) is 9.47 Å². The van der Waals surface area contributed by atoms with Gasteiger partial charge in [0.15, 0.2) is 0 Å². The molecule has 2 aromatic carbocycles. The second-order valence-electron chi connectivity index (χ2n) is 6.03. The van der Waals surface area contributed by atoms with E-state index in [1.807, 2.05) is 25.1 Å². The maximum Gasteiger partial charge on any atom is 0.215 e. The van der Waals surface area contributed by atoms with Gasteiger partial charge in [0.1, 0.15) is 19.2 Å². The van der Waals surface area contributed by atoms with Crippen LogP contribution in [0.4, 0.5) is 0 Å². The molecule has 1 aromatic heterocycles. The molecule has 1 saturated heterocycles. The lowest BCUT2D eigenvalue weighted by atomic mass is 10.00. The molecule has 5 nitrogen and oxygen atoms in total. The predicted octanol–water partition coefficient (Wildman–Crippen LogP) is 3.23. The molecule has 122 valence electrons. The van der Waals surface area contributed by atoms with Gasteiger partial charge in [-0.3, -0.25) is 0 Å². The van der Waals surface area contributed by atoms with Crippen LogP contribution in [-0.2, 0) is 21.8 Å². The van der Waals surface area contributed by atoms with Gasteiger partial charge < -0.3 is 9.47 Å². The number of ether oxygens (including phenoxy) is 2. The molecule has 0 spiro atoms. The maximum atomic E-state index is 6.14. The monoisotopic (exact) mass is 321 g/mol. The number of aromatic nitrogens is 3. The molecule has 0 saturated carbocycles. The first-order valence-corrected chi connectivity index (χ1v) is 8.05. The van der Waals surface area contributed by atoms with Crippen molar-refractivity contribution < 1.29 is 9.47 Å². The van der Waals surface area contributed by atoms with Crippen molar-refractivity contribution in [2.75, 3.05) is 6.61 Å². The molecular formula is C19H19N3O2. The summed E-state index contributed by atoms with van der Waals surface area (Å²) in [7, 11) is 0. The van der Waals surface area contributed by atoms with E-state index in [0.29, 0.717) is 13.2 Å². The van der Waals surface area contributed by atoms with Crippen LogP contribution < -0.4 is 0 Å². The van der Waals surface area contributed by atoms with Gasteiger partial charge in [-0.05, 0) is 18.1 Å². The molecule has 4 rings (SSSR count). The summed E-state index contributed by atoms with van der Waals surface area (Å²) < 4.78 is 13.9. The van der Waals surface area contributed by atoms with Crippen LogP contribution >= 0.6 is 0 Å². The highest BCUT2D eigenvalue weighted by molar-refractivity contribution is 5.63. The molecule has 0 aliphatic carbocycles. The zero-order valence-electron chi connectivity index (χ0n) is 13.5. The number of rotatable bonds is 4. The van der Waals surface area contributed by atoms with E-state index < -0.39 is 5.79 Å². The lowest BCUT2D eigenvalue weighted by Crippen LogP contribution is -2.33.